The van der Waals surface area contributed by atoms with Crippen molar-refractivity contribution in [2.24, 2.45) is 0 Å². The molecule has 0 bridgehead atoms. The Balaban J connectivity index is 1.27. The quantitative estimate of drug-likeness (QED) is 0.193. The lowest BCUT2D eigenvalue weighted by molar-refractivity contribution is 0.912. The predicted molar refractivity (Wildman–Crippen MR) is 185 cm³/mol. The van der Waals surface area contributed by atoms with Crippen LogP contribution in [0.15, 0.2) is 146 Å². The molecule has 0 saturated carbocycles. The highest BCUT2D eigenvalue weighted by Crippen LogP contribution is 2.45. The van der Waals surface area contributed by atoms with Gasteiger partial charge in [-0.2, -0.15) is 0 Å². The molecule has 0 unspecified atom stereocenters. The maximum atomic E-state index is 2.42. The Hall–Kier alpha value is -5.20. The molecular weight excluding hydrogens is 516 g/mol. The van der Waals surface area contributed by atoms with E-state index in [0.717, 1.165) is 0 Å². The van der Waals surface area contributed by atoms with Crippen molar-refractivity contribution >= 4 is 43.1 Å². The van der Waals surface area contributed by atoms with Gasteiger partial charge in [-0.25, -0.2) is 0 Å². The van der Waals surface area contributed by atoms with Crippen molar-refractivity contribution < 1.29 is 0 Å². The molecule has 0 N–H and O–H groups in total. The molecule has 0 spiro atoms. The lowest BCUT2D eigenvalue weighted by Crippen LogP contribution is -1.93. The van der Waals surface area contributed by atoms with E-state index in [1.165, 1.54) is 101 Å². The highest BCUT2D eigenvalue weighted by Gasteiger charge is 2.20. The highest BCUT2D eigenvalue weighted by molar-refractivity contribution is 6.21. The molecule has 8 aromatic carbocycles. The van der Waals surface area contributed by atoms with Gasteiger partial charge in [0.15, 0.2) is 0 Å². The summed E-state index contributed by atoms with van der Waals surface area (Å²) in [7, 11) is 0. The zero-order valence-electron chi connectivity index (χ0n) is 24.0. The van der Waals surface area contributed by atoms with Crippen LogP contribution in [0.3, 0.4) is 0 Å². The summed E-state index contributed by atoms with van der Waals surface area (Å²) in [6.45, 7) is 0. The van der Waals surface area contributed by atoms with Crippen LogP contribution in [0, 0.1) is 0 Å². The summed E-state index contributed by atoms with van der Waals surface area (Å²) in [4.78, 5) is 0. The van der Waals surface area contributed by atoms with Gasteiger partial charge in [0, 0.05) is 0 Å². The fourth-order valence-electron chi connectivity index (χ4n) is 7.64. The molecule has 0 aromatic heterocycles. The third kappa shape index (κ3) is 3.84. The Morgan fingerprint density at radius 2 is 0.814 bits per heavy atom. The average molecular weight is 547 g/mol. The molecule has 202 valence electrons. The van der Waals surface area contributed by atoms with Crippen molar-refractivity contribution in [3.8, 4) is 33.4 Å². The van der Waals surface area contributed by atoms with E-state index in [0.29, 0.717) is 0 Å². The lowest BCUT2D eigenvalue weighted by Gasteiger charge is -2.19. The minimum Gasteiger partial charge on any atom is -0.0616 e. The highest BCUT2D eigenvalue weighted by atomic mass is 14.2. The predicted octanol–water partition coefficient (Wildman–Crippen LogP) is 11.8. The number of aryl methyl sites for hydroxylation is 1. The van der Waals surface area contributed by atoms with Gasteiger partial charge in [-0.3, -0.25) is 0 Å². The Morgan fingerprint density at radius 1 is 0.326 bits per heavy atom. The summed E-state index contributed by atoms with van der Waals surface area (Å²) in [5.74, 6) is 0. The van der Waals surface area contributed by atoms with Crippen LogP contribution < -0.4 is 0 Å². The second-order valence-corrected chi connectivity index (χ2v) is 11.9. The van der Waals surface area contributed by atoms with E-state index in [2.05, 4.69) is 146 Å². The molecule has 1 aliphatic rings. The van der Waals surface area contributed by atoms with E-state index in [-0.39, 0.29) is 0 Å². The van der Waals surface area contributed by atoms with E-state index >= 15 is 0 Å². The molecule has 8 aromatic rings. The normalized spacial score (nSPS) is 12.8. The zero-order chi connectivity index (χ0) is 28.3. The van der Waals surface area contributed by atoms with Crippen molar-refractivity contribution in [2.75, 3.05) is 0 Å². The minimum atomic E-state index is 1.17. The summed E-state index contributed by atoms with van der Waals surface area (Å²) in [5.41, 5.74) is 11.0. The molecule has 0 fully saturated rings. The topological polar surface area (TPSA) is 0 Å². The van der Waals surface area contributed by atoms with Crippen molar-refractivity contribution in [3.63, 3.8) is 0 Å². The molecule has 9 rings (SSSR count). The van der Waals surface area contributed by atoms with Crippen LogP contribution in [0.1, 0.15) is 17.5 Å². The molecule has 0 amide bonds. The monoisotopic (exact) mass is 546 g/mol. The molecular formula is C43H30. The molecule has 43 heavy (non-hydrogen) atoms. The van der Waals surface area contributed by atoms with Crippen LogP contribution in [0.5, 0.6) is 0 Å². The molecule has 0 aliphatic heterocycles. The summed E-state index contributed by atoms with van der Waals surface area (Å²) in [6, 6.07) is 54.2. The largest absolute Gasteiger partial charge is 0.0616 e. The second-order valence-electron chi connectivity index (χ2n) is 11.9. The van der Waals surface area contributed by atoms with Crippen molar-refractivity contribution in [1.82, 2.24) is 0 Å². The van der Waals surface area contributed by atoms with E-state index in [9.17, 15) is 0 Å². The molecule has 0 atom stereocenters. The van der Waals surface area contributed by atoms with E-state index in [4.69, 9.17) is 0 Å². The Morgan fingerprint density at radius 3 is 1.47 bits per heavy atom. The minimum absolute atomic E-state index is 1.17. The summed E-state index contributed by atoms with van der Waals surface area (Å²) in [5, 5.41) is 10.4. The maximum Gasteiger partial charge on any atom is -0.00262 e. The van der Waals surface area contributed by atoms with Gasteiger partial charge >= 0.3 is 0 Å². The molecule has 0 saturated heterocycles. The van der Waals surface area contributed by atoms with Crippen LogP contribution in [0.25, 0.3) is 76.5 Å². The van der Waals surface area contributed by atoms with Gasteiger partial charge in [0.25, 0.3) is 0 Å². The van der Waals surface area contributed by atoms with Crippen LogP contribution in [-0.4, -0.2) is 0 Å². The van der Waals surface area contributed by atoms with E-state index < -0.39 is 0 Å². The lowest BCUT2D eigenvalue weighted by atomic mass is 9.85. The van der Waals surface area contributed by atoms with E-state index in [1.54, 1.807) is 5.56 Å². The smallest absolute Gasteiger partial charge is 0.00262 e. The fourth-order valence-corrected chi connectivity index (χ4v) is 7.64. The molecule has 0 radical (unpaired) electrons. The van der Waals surface area contributed by atoms with Crippen LogP contribution in [-0.2, 0) is 12.8 Å². The Bertz CT molecular complexity index is 2300. The van der Waals surface area contributed by atoms with Crippen LogP contribution >= 0.6 is 0 Å². The first-order valence-electron chi connectivity index (χ1n) is 15.4. The molecule has 0 heterocycles. The summed E-state index contributed by atoms with van der Waals surface area (Å²) < 4.78 is 0. The van der Waals surface area contributed by atoms with E-state index in [1.807, 2.05) is 0 Å². The van der Waals surface area contributed by atoms with Gasteiger partial charge in [0.1, 0.15) is 0 Å². The van der Waals surface area contributed by atoms with Gasteiger partial charge < -0.3 is 0 Å². The zero-order valence-corrected chi connectivity index (χ0v) is 24.0. The van der Waals surface area contributed by atoms with Crippen molar-refractivity contribution in [2.45, 2.75) is 19.3 Å². The SMILES string of the molecule is c1ccc2cc(-c3c4ccccc4c(-c4ccc(-c5c6c(cc7ccccc57)CCC6)cc4)c4ccccc34)ccc2c1. The van der Waals surface area contributed by atoms with Crippen molar-refractivity contribution in [1.29, 1.82) is 0 Å². The maximum absolute atomic E-state index is 2.42. The molecule has 0 nitrogen and oxygen atoms in total. The number of benzene rings is 8. The second kappa shape index (κ2) is 9.68. The first-order valence-corrected chi connectivity index (χ1v) is 15.4. The van der Waals surface area contributed by atoms with Crippen molar-refractivity contribution in [3.05, 3.63) is 157 Å². The van der Waals surface area contributed by atoms with Gasteiger partial charge in [-0.15, -0.1) is 0 Å². The summed E-state index contributed by atoms with van der Waals surface area (Å²) in [6.07, 6.45) is 3.60. The average Bonchev–Trinajstić information content (AvgIpc) is 3.54. The number of hydrogen-bond donors (Lipinski definition) is 0. The Kier molecular flexibility index (Phi) is 5.49. The third-order valence-electron chi connectivity index (χ3n) is 9.55. The first-order chi connectivity index (χ1) is 21.3. The van der Waals surface area contributed by atoms with Gasteiger partial charge in [-0.1, -0.05) is 140 Å². The first kappa shape index (κ1) is 24.4. The van der Waals surface area contributed by atoms with Gasteiger partial charge in [0.05, 0.1) is 0 Å². The number of fused-ring (bicyclic) bond motifs is 5. The summed E-state index contributed by atoms with van der Waals surface area (Å²) >= 11 is 0. The van der Waals surface area contributed by atoms with Gasteiger partial charge in [0.2, 0.25) is 0 Å². The fraction of sp³-hybridized carbons (Fsp3) is 0.0698. The molecule has 0 heteroatoms. The van der Waals surface area contributed by atoms with Crippen LogP contribution in [0.4, 0.5) is 0 Å². The number of hydrogen-bond acceptors (Lipinski definition) is 0. The Labute approximate surface area is 251 Å². The molecule has 1 aliphatic carbocycles. The number of rotatable bonds is 3. The standard InChI is InChI=1S/C43H30/c1-2-11-31-26-34(25-20-28(31)10-1)43-39-17-7-5-15-37(39)42(38-16-6-8-18-40(38)43)30-23-21-29(22-24-30)41-35-14-4-3-12-32(35)27-33-13-9-19-36(33)41/h1-8,10-12,14-18,20-27H,9,13,19H2. The van der Waals surface area contributed by atoms with Crippen LogP contribution in [0.2, 0.25) is 0 Å². The van der Waals surface area contributed by atoms with Gasteiger partial charge in [-0.05, 0) is 113 Å². The third-order valence-corrected chi connectivity index (χ3v) is 9.55.